The highest BCUT2D eigenvalue weighted by Gasteiger charge is 2.66. The number of fused-ring (bicyclic) bond motifs is 12. The van der Waals surface area contributed by atoms with E-state index in [0.29, 0.717) is 0 Å². The van der Waals surface area contributed by atoms with Crippen molar-refractivity contribution in [1.82, 2.24) is 0 Å². The maximum Gasteiger partial charge on any atom is -0.00693 e. The van der Waals surface area contributed by atoms with E-state index < -0.39 is 0 Å². The molecule has 0 radical (unpaired) electrons. The number of hydrogen-bond acceptors (Lipinski definition) is 1. The van der Waals surface area contributed by atoms with Crippen LogP contribution in [-0.4, -0.2) is 5.75 Å². The van der Waals surface area contributed by atoms with Gasteiger partial charge in [-0.25, -0.2) is 0 Å². The van der Waals surface area contributed by atoms with Gasteiger partial charge in [0.05, 0.1) is 0 Å². The zero-order chi connectivity index (χ0) is 11.1. The molecule has 1 heteroatoms. The summed E-state index contributed by atoms with van der Waals surface area (Å²) >= 11 is 4.57. The minimum absolute atomic E-state index is 0.982. The summed E-state index contributed by atoms with van der Waals surface area (Å²) in [5.41, 5.74) is 0. The molecule has 5 rings (SSSR count). The zero-order valence-corrected chi connectivity index (χ0v) is 11.5. The summed E-state index contributed by atoms with van der Waals surface area (Å²) in [6.45, 7) is 0. The van der Waals surface area contributed by atoms with Gasteiger partial charge in [0.1, 0.15) is 0 Å². The first-order chi connectivity index (χ1) is 8.36. The van der Waals surface area contributed by atoms with Crippen LogP contribution in [0.1, 0.15) is 38.5 Å². The second-order valence-electron chi connectivity index (χ2n) is 7.90. The second-order valence-corrected chi connectivity index (χ2v) is 8.26. The van der Waals surface area contributed by atoms with Crippen LogP contribution < -0.4 is 0 Å². The van der Waals surface area contributed by atoms with Crippen molar-refractivity contribution >= 4 is 12.6 Å². The molecule has 0 aromatic heterocycles. The van der Waals surface area contributed by atoms with Crippen LogP contribution in [-0.2, 0) is 0 Å². The van der Waals surface area contributed by atoms with Gasteiger partial charge in [-0.05, 0) is 97.5 Å². The fourth-order valence-corrected chi connectivity index (χ4v) is 7.85. The van der Waals surface area contributed by atoms with E-state index in [4.69, 9.17) is 0 Å². The van der Waals surface area contributed by atoms with Crippen LogP contribution in [0.5, 0.6) is 0 Å². The molecule has 5 aliphatic rings. The Balaban J connectivity index is 1.49. The van der Waals surface area contributed by atoms with E-state index in [1.807, 2.05) is 0 Å². The fraction of sp³-hybridized carbons (Fsp3) is 1.00. The van der Waals surface area contributed by atoms with Crippen LogP contribution >= 0.6 is 12.6 Å². The van der Waals surface area contributed by atoms with Gasteiger partial charge in [0.15, 0.2) is 0 Å². The molecule has 5 fully saturated rings. The molecule has 0 N–H and O–H groups in total. The topological polar surface area (TPSA) is 0 Å². The molecule has 0 aromatic rings. The van der Waals surface area contributed by atoms with Gasteiger partial charge in [0.25, 0.3) is 0 Å². The minimum atomic E-state index is 0.982. The quantitative estimate of drug-likeness (QED) is 0.528. The Morgan fingerprint density at radius 3 is 1.82 bits per heavy atom. The Morgan fingerprint density at radius 1 is 0.706 bits per heavy atom. The molecule has 94 valence electrons. The molecule has 5 aliphatic carbocycles. The van der Waals surface area contributed by atoms with Crippen molar-refractivity contribution < 1.29 is 0 Å². The average Bonchev–Trinajstić information content (AvgIpc) is 3.10. The van der Waals surface area contributed by atoms with Crippen molar-refractivity contribution in [3.63, 3.8) is 0 Å². The lowest BCUT2D eigenvalue weighted by molar-refractivity contribution is 0.0716. The van der Waals surface area contributed by atoms with Gasteiger partial charge < -0.3 is 0 Å². The van der Waals surface area contributed by atoms with E-state index in [1.165, 1.54) is 35.5 Å². The molecule has 0 aromatic carbocycles. The third-order valence-corrected chi connectivity index (χ3v) is 8.22. The summed E-state index contributed by atoms with van der Waals surface area (Å²) in [5.74, 6) is 11.6. The number of thiol groups is 1. The fourth-order valence-electron chi connectivity index (χ4n) is 7.55. The molecular formula is C16H24S. The van der Waals surface area contributed by atoms with Crippen molar-refractivity contribution in [1.29, 1.82) is 0 Å². The van der Waals surface area contributed by atoms with Crippen LogP contribution in [0.15, 0.2) is 0 Å². The zero-order valence-electron chi connectivity index (χ0n) is 10.6. The van der Waals surface area contributed by atoms with E-state index in [1.54, 1.807) is 38.5 Å². The lowest BCUT2D eigenvalue weighted by Gasteiger charge is -2.40. The van der Waals surface area contributed by atoms with Crippen molar-refractivity contribution in [3.8, 4) is 0 Å². The van der Waals surface area contributed by atoms with Crippen LogP contribution in [0.4, 0.5) is 0 Å². The average molecular weight is 248 g/mol. The number of rotatable bonds is 1. The lowest BCUT2D eigenvalue weighted by Crippen LogP contribution is -2.35. The van der Waals surface area contributed by atoms with Crippen LogP contribution in [0.2, 0.25) is 0 Å². The molecule has 0 nitrogen and oxygen atoms in total. The molecule has 17 heavy (non-hydrogen) atoms. The number of hydrogen-bond donors (Lipinski definition) is 1. The van der Waals surface area contributed by atoms with Gasteiger partial charge in [0, 0.05) is 0 Å². The highest BCUT2D eigenvalue weighted by molar-refractivity contribution is 7.80. The van der Waals surface area contributed by atoms with Gasteiger partial charge in [-0.3, -0.25) is 0 Å². The van der Waals surface area contributed by atoms with E-state index in [2.05, 4.69) is 12.6 Å². The SMILES string of the molecule is SCC1CC2C(C1)C1CC2C2C3CCC(C3)C12. The van der Waals surface area contributed by atoms with Crippen LogP contribution in [0.3, 0.4) is 0 Å². The predicted octanol–water partition coefficient (Wildman–Crippen LogP) is 3.87. The summed E-state index contributed by atoms with van der Waals surface area (Å²) in [7, 11) is 0. The highest BCUT2D eigenvalue weighted by Crippen LogP contribution is 2.73. The normalized spacial score (nSPS) is 66.5. The smallest absolute Gasteiger partial charge is 0.00693 e. The predicted molar refractivity (Wildman–Crippen MR) is 73.0 cm³/mol. The first-order valence-corrected chi connectivity index (χ1v) is 8.61. The molecule has 8 unspecified atom stereocenters. The Bertz CT molecular complexity index is 321. The second kappa shape index (κ2) is 3.26. The molecule has 0 aliphatic heterocycles. The standard InChI is InChI=1S/C16H24S/c17-7-8-3-11-12(4-8)14-6-13(11)15-9-1-2-10(5-9)16(14)15/h8-17H,1-7H2. The monoisotopic (exact) mass is 248 g/mol. The highest BCUT2D eigenvalue weighted by atomic mass is 32.1. The van der Waals surface area contributed by atoms with Crippen LogP contribution in [0, 0.1) is 53.3 Å². The Morgan fingerprint density at radius 2 is 1.29 bits per heavy atom. The van der Waals surface area contributed by atoms with E-state index >= 15 is 0 Å². The minimum Gasteiger partial charge on any atom is -0.179 e. The molecule has 8 atom stereocenters. The summed E-state index contributed by atoms with van der Waals surface area (Å²) in [6.07, 6.45) is 9.59. The lowest BCUT2D eigenvalue weighted by atomic mass is 9.64. The molecular weight excluding hydrogens is 224 g/mol. The van der Waals surface area contributed by atoms with Crippen molar-refractivity contribution in [2.75, 3.05) is 5.75 Å². The third-order valence-electron chi connectivity index (χ3n) is 7.70. The summed E-state index contributed by atoms with van der Waals surface area (Å²) < 4.78 is 0. The van der Waals surface area contributed by atoms with Crippen molar-refractivity contribution in [3.05, 3.63) is 0 Å². The third kappa shape index (κ3) is 1.10. The van der Waals surface area contributed by atoms with Crippen molar-refractivity contribution in [2.24, 2.45) is 53.3 Å². The first kappa shape index (κ1) is 10.2. The molecule has 0 saturated heterocycles. The van der Waals surface area contributed by atoms with E-state index in [0.717, 1.165) is 23.5 Å². The van der Waals surface area contributed by atoms with Gasteiger partial charge in [-0.1, -0.05) is 0 Å². The van der Waals surface area contributed by atoms with Gasteiger partial charge in [-0.2, -0.15) is 12.6 Å². The van der Waals surface area contributed by atoms with Gasteiger partial charge >= 0.3 is 0 Å². The molecule has 0 spiro atoms. The molecule has 0 heterocycles. The maximum absolute atomic E-state index is 4.57. The van der Waals surface area contributed by atoms with Crippen molar-refractivity contribution in [2.45, 2.75) is 38.5 Å². The van der Waals surface area contributed by atoms with Crippen LogP contribution in [0.25, 0.3) is 0 Å². The molecule has 5 saturated carbocycles. The summed E-state index contributed by atoms with van der Waals surface area (Å²) in [5, 5.41) is 0. The first-order valence-electron chi connectivity index (χ1n) is 7.97. The molecule has 0 amide bonds. The Labute approximate surface area is 110 Å². The summed E-state index contributed by atoms with van der Waals surface area (Å²) in [4.78, 5) is 0. The van der Waals surface area contributed by atoms with Gasteiger partial charge in [-0.15, -0.1) is 0 Å². The van der Waals surface area contributed by atoms with Gasteiger partial charge in [0.2, 0.25) is 0 Å². The Kier molecular flexibility index (Phi) is 1.95. The molecule has 4 bridgehead atoms. The largest absolute Gasteiger partial charge is 0.179 e. The maximum atomic E-state index is 4.57. The van der Waals surface area contributed by atoms with E-state index in [9.17, 15) is 0 Å². The summed E-state index contributed by atoms with van der Waals surface area (Å²) in [6, 6.07) is 0. The van der Waals surface area contributed by atoms with E-state index in [-0.39, 0.29) is 0 Å². The Hall–Kier alpha value is 0.350.